The number of rotatable bonds is 9. The highest BCUT2D eigenvalue weighted by molar-refractivity contribution is 7.90. The van der Waals surface area contributed by atoms with E-state index in [-0.39, 0.29) is 41.9 Å². The van der Waals surface area contributed by atoms with E-state index in [0.717, 1.165) is 36.4 Å². The lowest BCUT2D eigenvalue weighted by Gasteiger charge is -2.33. The van der Waals surface area contributed by atoms with Gasteiger partial charge in [0.2, 0.25) is 11.8 Å². The Morgan fingerprint density at radius 1 is 1.11 bits per heavy atom. The van der Waals surface area contributed by atoms with Gasteiger partial charge in [-0.2, -0.15) is 0 Å². The third-order valence-corrected chi connectivity index (χ3v) is 9.56. The topological polar surface area (TPSA) is 104 Å². The molecule has 0 saturated heterocycles. The number of amides is 3. The van der Waals surface area contributed by atoms with E-state index in [1.54, 1.807) is 30.3 Å². The summed E-state index contributed by atoms with van der Waals surface area (Å²) in [6.07, 6.45) is 5.10. The van der Waals surface area contributed by atoms with Gasteiger partial charge in [0.25, 0.3) is 15.9 Å². The number of nitrogens with one attached hydrogen (secondary N) is 1. The summed E-state index contributed by atoms with van der Waals surface area (Å²) in [6.45, 7) is 1.52. The Hall–Kier alpha value is -2.62. The molecule has 1 unspecified atom stereocenters. The third kappa shape index (κ3) is 6.00. The summed E-state index contributed by atoms with van der Waals surface area (Å²) in [5, 5.41) is 3.89. The molecule has 2 aliphatic rings. The molecule has 0 radical (unpaired) electrons. The fourth-order valence-corrected chi connectivity index (χ4v) is 7.13. The van der Waals surface area contributed by atoms with Crippen LogP contribution in [0.15, 0.2) is 47.4 Å². The zero-order chi connectivity index (χ0) is 27.4. The van der Waals surface area contributed by atoms with Crippen LogP contribution in [0.25, 0.3) is 0 Å². The van der Waals surface area contributed by atoms with E-state index in [4.69, 9.17) is 23.2 Å². The monoisotopic (exact) mass is 579 g/mol. The Balaban J connectivity index is 1.55. The van der Waals surface area contributed by atoms with Crippen LogP contribution in [-0.2, 0) is 26.2 Å². The standard InChI is InChI=1S/C27H31Cl2N3O5S/c1-2-23(26(34)30-20-8-4-3-5-9-20)31(17-18-12-13-19(28)16-22(18)29)25(33)14-15-32-27(35)21-10-6-7-11-24(21)38(32,36)37/h6-7,10-13,16,20,23H,2-5,8-9,14-15,17H2,1H3,(H,30,34). The first-order chi connectivity index (χ1) is 18.1. The van der Waals surface area contributed by atoms with Gasteiger partial charge >= 0.3 is 0 Å². The van der Waals surface area contributed by atoms with Crippen LogP contribution < -0.4 is 5.32 Å². The molecule has 38 heavy (non-hydrogen) atoms. The second-order valence-electron chi connectivity index (χ2n) is 9.65. The molecular weight excluding hydrogens is 549 g/mol. The number of benzene rings is 2. The van der Waals surface area contributed by atoms with Crippen molar-refractivity contribution in [3.8, 4) is 0 Å². The predicted molar refractivity (Wildman–Crippen MR) is 145 cm³/mol. The smallest absolute Gasteiger partial charge is 0.269 e. The van der Waals surface area contributed by atoms with Crippen molar-refractivity contribution >= 4 is 50.9 Å². The van der Waals surface area contributed by atoms with E-state index >= 15 is 0 Å². The molecule has 1 atom stereocenters. The second kappa shape index (κ2) is 12.1. The highest BCUT2D eigenvalue weighted by Crippen LogP contribution is 2.30. The van der Waals surface area contributed by atoms with Crippen LogP contribution in [0, 0.1) is 0 Å². The summed E-state index contributed by atoms with van der Waals surface area (Å²) < 4.78 is 26.6. The normalized spacial score (nSPS) is 17.7. The van der Waals surface area contributed by atoms with Gasteiger partial charge in [-0.1, -0.05) is 67.6 Å². The van der Waals surface area contributed by atoms with Crippen molar-refractivity contribution in [1.82, 2.24) is 14.5 Å². The third-order valence-electron chi connectivity index (χ3n) is 7.13. The summed E-state index contributed by atoms with van der Waals surface area (Å²) in [7, 11) is -4.05. The van der Waals surface area contributed by atoms with Crippen LogP contribution in [0.4, 0.5) is 0 Å². The van der Waals surface area contributed by atoms with Gasteiger partial charge in [0.05, 0.1) is 5.56 Å². The minimum atomic E-state index is -4.05. The molecule has 0 spiro atoms. The van der Waals surface area contributed by atoms with Gasteiger partial charge in [0.1, 0.15) is 10.9 Å². The molecule has 11 heteroatoms. The van der Waals surface area contributed by atoms with E-state index in [0.29, 0.717) is 22.0 Å². The molecule has 2 aromatic carbocycles. The number of hydrogen-bond donors (Lipinski definition) is 1. The molecule has 2 aromatic rings. The van der Waals surface area contributed by atoms with Crippen molar-refractivity contribution < 1.29 is 22.8 Å². The van der Waals surface area contributed by atoms with Gasteiger partial charge in [-0.05, 0) is 49.1 Å². The Labute approximate surface area is 233 Å². The van der Waals surface area contributed by atoms with E-state index in [9.17, 15) is 22.8 Å². The van der Waals surface area contributed by atoms with E-state index in [1.807, 2.05) is 6.92 Å². The zero-order valence-corrected chi connectivity index (χ0v) is 23.5. The van der Waals surface area contributed by atoms with Gasteiger partial charge in [-0.25, -0.2) is 12.7 Å². The number of carbonyl (C=O) groups excluding carboxylic acids is 3. The van der Waals surface area contributed by atoms with Gasteiger partial charge in [0, 0.05) is 35.6 Å². The molecular formula is C27H31Cl2N3O5S. The van der Waals surface area contributed by atoms with Crippen LogP contribution in [-0.4, -0.2) is 54.0 Å². The molecule has 0 bridgehead atoms. The van der Waals surface area contributed by atoms with E-state index in [1.165, 1.54) is 17.0 Å². The van der Waals surface area contributed by atoms with Crippen molar-refractivity contribution in [2.75, 3.05) is 6.54 Å². The van der Waals surface area contributed by atoms with Gasteiger partial charge in [-0.15, -0.1) is 0 Å². The predicted octanol–water partition coefficient (Wildman–Crippen LogP) is 4.78. The molecule has 4 rings (SSSR count). The average molecular weight is 581 g/mol. The summed E-state index contributed by atoms with van der Waals surface area (Å²) in [4.78, 5) is 41.1. The van der Waals surface area contributed by atoms with Crippen LogP contribution in [0.3, 0.4) is 0 Å². The molecule has 0 aromatic heterocycles. The first-order valence-corrected chi connectivity index (χ1v) is 15.0. The Morgan fingerprint density at radius 3 is 2.47 bits per heavy atom. The molecule has 1 fully saturated rings. The van der Waals surface area contributed by atoms with Crippen molar-refractivity contribution in [3.05, 3.63) is 63.6 Å². The second-order valence-corrected chi connectivity index (χ2v) is 12.3. The van der Waals surface area contributed by atoms with Crippen LogP contribution >= 0.6 is 23.2 Å². The minimum Gasteiger partial charge on any atom is -0.352 e. The lowest BCUT2D eigenvalue weighted by atomic mass is 9.95. The summed E-state index contributed by atoms with van der Waals surface area (Å²) in [5.74, 6) is -1.38. The maximum atomic E-state index is 13.6. The SMILES string of the molecule is CCC(C(=O)NC1CCCCC1)N(Cc1ccc(Cl)cc1Cl)C(=O)CCN1C(=O)c2ccccc2S1(=O)=O. The van der Waals surface area contributed by atoms with Gasteiger partial charge in [0.15, 0.2) is 0 Å². The average Bonchev–Trinajstić information content (AvgIpc) is 3.09. The molecule has 1 saturated carbocycles. The molecule has 1 heterocycles. The number of sulfonamides is 1. The summed E-state index contributed by atoms with van der Waals surface area (Å²) in [6, 6.07) is 10.2. The van der Waals surface area contributed by atoms with Crippen molar-refractivity contribution in [2.45, 2.75) is 75.4 Å². The minimum absolute atomic E-state index is 0.0341. The molecule has 1 aliphatic heterocycles. The van der Waals surface area contributed by atoms with Crippen LogP contribution in [0.1, 0.15) is 67.8 Å². The van der Waals surface area contributed by atoms with Crippen molar-refractivity contribution in [1.29, 1.82) is 0 Å². The maximum absolute atomic E-state index is 13.6. The maximum Gasteiger partial charge on any atom is 0.269 e. The highest BCUT2D eigenvalue weighted by atomic mass is 35.5. The van der Waals surface area contributed by atoms with E-state index < -0.39 is 27.9 Å². The molecule has 204 valence electrons. The number of halogens is 2. The number of nitrogens with zero attached hydrogens (tertiary/aromatic N) is 2. The number of fused-ring (bicyclic) bond motifs is 1. The lowest BCUT2D eigenvalue weighted by molar-refractivity contribution is -0.141. The lowest BCUT2D eigenvalue weighted by Crippen LogP contribution is -2.52. The largest absolute Gasteiger partial charge is 0.352 e. The Kier molecular flexibility index (Phi) is 9.00. The highest BCUT2D eigenvalue weighted by Gasteiger charge is 2.41. The Bertz CT molecular complexity index is 1330. The summed E-state index contributed by atoms with van der Waals surface area (Å²) >= 11 is 12.4. The molecule has 3 amide bonds. The van der Waals surface area contributed by atoms with Crippen LogP contribution in [0.5, 0.6) is 0 Å². The number of hydrogen-bond acceptors (Lipinski definition) is 5. The number of carbonyl (C=O) groups is 3. The van der Waals surface area contributed by atoms with Crippen molar-refractivity contribution in [2.24, 2.45) is 0 Å². The Morgan fingerprint density at radius 2 is 1.82 bits per heavy atom. The van der Waals surface area contributed by atoms with Gasteiger partial charge in [-0.3, -0.25) is 14.4 Å². The quantitative estimate of drug-likeness (QED) is 0.460. The molecule has 1 aliphatic carbocycles. The molecule has 1 N–H and O–H groups in total. The fourth-order valence-electron chi connectivity index (χ4n) is 5.09. The van der Waals surface area contributed by atoms with Gasteiger partial charge < -0.3 is 10.2 Å². The van der Waals surface area contributed by atoms with Crippen molar-refractivity contribution in [3.63, 3.8) is 0 Å². The molecule has 8 nitrogen and oxygen atoms in total. The first-order valence-electron chi connectivity index (χ1n) is 12.8. The van der Waals surface area contributed by atoms with Crippen LogP contribution in [0.2, 0.25) is 10.0 Å². The zero-order valence-electron chi connectivity index (χ0n) is 21.2. The summed E-state index contributed by atoms with van der Waals surface area (Å²) in [5.41, 5.74) is 0.689. The first kappa shape index (κ1) is 28.4. The van der Waals surface area contributed by atoms with E-state index in [2.05, 4.69) is 5.32 Å². The fraction of sp³-hybridized carbons (Fsp3) is 0.444.